The maximum atomic E-state index is 13.9. The number of halogens is 2. The van der Waals surface area contributed by atoms with Gasteiger partial charge >= 0.3 is 5.97 Å². The van der Waals surface area contributed by atoms with Crippen LogP contribution in [0.4, 0.5) is 4.39 Å². The standard InChI is InChI=1S/C11H10ClFO2/c12-9-3-1-2-7-4-5-11(13,10(14)15)6-8(7)9/h1-3H,4-6H2,(H,14,15). The zero-order chi connectivity index (χ0) is 11.1. The Morgan fingerprint density at radius 2 is 2.27 bits per heavy atom. The first-order valence-electron chi connectivity index (χ1n) is 4.71. The van der Waals surface area contributed by atoms with Crippen LogP contribution in [0.5, 0.6) is 0 Å². The third-order valence-electron chi connectivity index (χ3n) is 2.85. The monoisotopic (exact) mass is 228 g/mol. The second-order valence-corrected chi connectivity index (χ2v) is 4.23. The number of fused-ring (bicyclic) bond motifs is 1. The van der Waals surface area contributed by atoms with Gasteiger partial charge < -0.3 is 5.11 Å². The number of aliphatic carboxylic acids is 1. The van der Waals surface area contributed by atoms with Crippen LogP contribution < -0.4 is 0 Å². The summed E-state index contributed by atoms with van der Waals surface area (Å²) in [5.41, 5.74) is -0.565. The normalized spacial score (nSPS) is 24.7. The Hall–Kier alpha value is -1.09. The highest BCUT2D eigenvalue weighted by molar-refractivity contribution is 6.31. The van der Waals surface area contributed by atoms with E-state index < -0.39 is 11.6 Å². The van der Waals surface area contributed by atoms with Crippen molar-refractivity contribution in [2.45, 2.75) is 24.9 Å². The molecule has 0 spiro atoms. The van der Waals surface area contributed by atoms with Gasteiger partial charge in [-0.2, -0.15) is 0 Å². The molecule has 0 saturated carbocycles. The highest BCUT2D eigenvalue weighted by Crippen LogP contribution is 2.35. The lowest BCUT2D eigenvalue weighted by molar-refractivity contribution is -0.151. The molecule has 1 N–H and O–H groups in total. The Morgan fingerprint density at radius 3 is 2.93 bits per heavy atom. The van der Waals surface area contributed by atoms with Crippen molar-refractivity contribution in [3.8, 4) is 0 Å². The molecule has 2 nitrogen and oxygen atoms in total. The summed E-state index contributed by atoms with van der Waals surface area (Å²) in [6.07, 6.45) is 0.325. The minimum Gasteiger partial charge on any atom is -0.479 e. The van der Waals surface area contributed by atoms with Crippen molar-refractivity contribution in [3.05, 3.63) is 34.3 Å². The lowest BCUT2D eigenvalue weighted by atomic mass is 9.82. The molecule has 0 fully saturated rings. The predicted molar refractivity (Wildman–Crippen MR) is 55.0 cm³/mol. The molecule has 1 aromatic rings. The van der Waals surface area contributed by atoms with Crippen molar-refractivity contribution in [1.29, 1.82) is 0 Å². The van der Waals surface area contributed by atoms with E-state index in [2.05, 4.69) is 0 Å². The number of carboxylic acids is 1. The molecule has 0 saturated heterocycles. The van der Waals surface area contributed by atoms with Crippen molar-refractivity contribution in [3.63, 3.8) is 0 Å². The highest BCUT2D eigenvalue weighted by Gasteiger charge is 2.42. The first-order valence-corrected chi connectivity index (χ1v) is 5.09. The van der Waals surface area contributed by atoms with Crippen LogP contribution in [0.2, 0.25) is 5.02 Å². The summed E-state index contributed by atoms with van der Waals surface area (Å²) in [6.45, 7) is 0. The van der Waals surface area contributed by atoms with Crippen molar-refractivity contribution in [1.82, 2.24) is 0 Å². The molecule has 1 unspecified atom stereocenters. The average molecular weight is 229 g/mol. The van der Waals surface area contributed by atoms with Crippen molar-refractivity contribution in [2.24, 2.45) is 0 Å². The van der Waals surface area contributed by atoms with Gasteiger partial charge in [0.15, 0.2) is 0 Å². The summed E-state index contributed by atoms with van der Waals surface area (Å²) in [5.74, 6) is -1.40. The molecule has 0 heterocycles. The van der Waals surface area contributed by atoms with Crippen LogP contribution in [0.3, 0.4) is 0 Å². The van der Waals surface area contributed by atoms with Crippen LogP contribution >= 0.6 is 11.6 Å². The Bertz CT molecular complexity index is 419. The van der Waals surface area contributed by atoms with Gasteiger partial charge in [0, 0.05) is 11.4 Å². The number of rotatable bonds is 1. The second kappa shape index (κ2) is 3.49. The van der Waals surface area contributed by atoms with Gasteiger partial charge in [0.1, 0.15) is 0 Å². The average Bonchev–Trinajstić information content (AvgIpc) is 2.19. The molecule has 0 aliphatic heterocycles. The van der Waals surface area contributed by atoms with Gasteiger partial charge in [0.05, 0.1) is 0 Å². The fourth-order valence-corrected chi connectivity index (χ4v) is 2.18. The summed E-state index contributed by atoms with van der Waals surface area (Å²) in [4.78, 5) is 10.8. The topological polar surface area (TPSA) is 37.3 Å². The van der Waals surface area contributed by atoms with E-state index in [9.17, 15) is 9.18 Å². The molecule has 1 aliphatic carbocycles. The van der Waals surface area contributed by atoms with Crippen LogP contribution in [0.25, 0.3) is 0 Å². The number of carboxylic acid groups (broad SMARTS) is 1. The van der Waals surface area contributed by atoms with Crippen molar-refractivity contribution in [2.75, 3.05) is 0 Å². The number of benzene rings is 1. The van der Waals surface area contributed by atoms with E-state index in [-0.39, 0.29) is 12.8 Å². The van der Waals surface area contributed by atoms with Gasteiger partial charge in [-0.25, -0.2) is 9.18 Å². The Kier molecular flexibility index (Phi) is 2.43. The van der Waals surface area contributed by atoms with Gasteiger partial charge in [0.25, 0.3) is 0 Å². The summed E-state index contributed by atoms with van der Waals surface area (Å²) < 4.78 is 13.9. The molecule has 0 bridgehead atoms. The van der Waals surface area contributed by atoms with Crippen LogP contribution in [0.1, 0.15) is 17.5 Å². The molecular weight excluding hydrogens is 219 g/mol. The maximum Gasteiger partial charge on any atom is 0.341 e. The SMILES string of the molecule is O=C(O)C1(F)CCc2cccc(Cl)c2C1. The first kappa shape index (κ1) is 10.4. The molecule has 0 amide bonds. The van der Waals surface area contributed by atoms with Gasteiger partial charge in [-0.15, -0.1) is 0 Å². The maximum absolute atomic E-state index is 13.9. The number of hydrogen-bond acceptors (Lipinski definition) is 1. The number of hydrogen-bond donors (Lipinski definition) is 1. The number of alkyl halides is 1. The van der Waals surface area contributed by atoms with Crippen LogP contribution in [-0.4, -0.2) is 16.7 Å². The van der Waals surface area contributed by atoms with E-state index in [0.717, 1.165) is 5.56 Å². The fraction of sp³-hybridized carbons (Fsp3) is 0.364. The Balaban J connectivity index is 2.42. The van der Waals surface area contributed by atoms with Crippen LogP contribution in [0, 0.1) is 0 Å². The molecule has 0 radical (unpaired) electrons. The zero-order valence-electron chi connectivity index (χ0n) is 7.96. The molecule has 1 aromatic carbocycles. The van der Waals surface area contributed by atoms with Gasteiger partial charge in [0.2, 0.25) is 5.67 Å². The number of aryl methyl sites for hydroxylation is 1. The lowest BCUT2D eigenvalue weighted by Gasteiger charge is -2.27. The summed E-state index contributed by atoms with van der Waals surface area (Å²) in [7, 11) is 0. The molecular formula is C11H10ClFO2. The highest BCUT2D eigenvalue weighted by atomic mass is 35.5. The van der Waals surface area contributed by atoms with Gasteiger partial charge in [-0.1, -0.05) is 23.7 Å². The second-order valence-electron chi connectivity index (χ2n) is 3.82. The molecule has 80 valence electrons. The molecule has 1 aliphatic rings. The smallest absolute Gasteiger partial charge is 0.341 e. The van der Waals surface area contributed by atoms with E-state index in [0.29, 0.717) is 17.0 Å². The van der Waals surface area contributed by atoms with Crippen LogP contribution in [-0.2, 0) is 17.6 Å². The zero-order valence-corrected chi connectivity index (χ0v) is 8.72. The van der Waals surface area contributed by atoms with E-state index >= 15 is 0 Å². The summed E-state index contributed by atoms with van der Waals surface area (Å²) in [5, 5.41) is 9.25. The van der Waals surface area contributed by atoms with E-state index in [1.54, 1.807) is 12.1 Å². The molecule has 1 atom stereocenters. The minimum atomic E-state index is -2.15. The third-order valence-corrected chi connectivity index (χ3v) is 3.20. The molecule has 4 heteroatoms. The quantitative estimate of drug-likeness (QED) is 0.802. The Morgan fingerprint density at radius 1 is 1.53 bits per heavy atom. The van der Waals surface area contributed by atoms with E-state index in [4.69, 9.17) is 16.7 Å². The molecule has 15 heavy (non-hydrogen) atoms. The molecule has 0 aromatic heterocycles. The number of carbonyl (C=O) groups is 1. The minimum absolute atomic E-state index is 0.0235. The first-order chi connectivity index (χ1) is 7.03. The van der Waals surface area contributed by atoms with Crippen molar-refractivity contribution >= 4 is 17.6 Å². The largest absolute Gasteiger partial charge is 0.479 e. The van der Waals surface area contributed by atoms with Crippen molar-refractivity contribution < 1.29 is 14.3 Å². The van der Waals surface area contributed by atoms with E-state index in [1.807, 2.05) is 6.07 Å². The summed E-state index contributed by atoms with van der Waals surface area (Å²) >= 11 is 5.91. The van der Waals surface area contributed by atoms with Crippen LogP contribution in [0.15, 0.2) is 18.2 Å². The van der Waals surface area contributed by atoms with Gasteiger partial charge in [-0.3, -0.25) is 0 Å². The predicted octanol–water partition coefficient (Wildman–Crippen LogP) is 2.62. The lowest BCUT2D eigenvalue weighted by Crippen LogP contribution is -2.39. The Labute approximate surface area is 91.7 Å². The molecule has 2 rings (SSSR count). The summed E-state index contributed by atoms with van der Waals surface area (Å²) in [6, 6.07) is 5.32. The van der Waals surface area contributed by atoms with Gasteiger partial charge in [-0.05, 0) is 30.0 Å². The fourth-order valence-electron chi connectivity index (χ4n) is 1.92. The van der Waals surface area contributed by atoms with E-state index in [1.165, 1.54) is 0 Å². The third kappa shape index (κ3) is 1.72.